The maximum absolute atomic E-state index is 12.2. The number of nitrogens with one attached hydrogen (secondary N) is 3. The number of hydrogen-bond acceptors (Lipinski definition) is 3. The molecule has 1 aliphatic heterocycles. The van der Waals surface area contributed by atoms with Gasteiger partial charge in [-0.1, -0.05) is 18.2 Å². The zero-order valence-electron chi connectivity index (χ0n) is 13.4. The van der Waals surface area contributed by atoms with Crippen molar-refractivity contribution < 1.29 is 9.59 Å². The van der Waals surface area contributed by atoms with E-state index >= 15 is 0 Å². The van der Waals surface area contributed by atoms with E-state index in [1.807, 2.05) is 24.4 Å². The number of aromatic nitrogens is 2. The van der Waals surface area contributed by atoms with Crippen molar-refractivity contribution in [1.29, 1.82) is 0 Å². The van der Waals surface area contributed by atoms with Crippen molar-refractivity contribution in [2.24, 2.45) is 0 Å². The third-order valence-corrected chi connectivity index (χ3v) is 4.20. The Morgan fingerprint density at radius 2 is 1.96 bits per heavy atom. The van der Waals surface area contributed by atoms with Crippen LogP contribution in [0.25, 0.3) is 0 Å². The Bertz CT molecular complexity index is 664. The Morgan fingerprint density at radius 1 is 1.21 bits per heavy atom. The van der Waals surface area contributed by atoms with Gasteiger partial charge in [-0.2, -0.15) is 0 Å². The molecule has 24 heavy (non-hydrogen) atoms. The first-order valence-corrected chi connectivity index (χ1v) is 8.08. The number of H-pyrrole nitrogens is 1. The van der Waals surface area contributed by atoms with Crippen LogP contribution in [0, 0.1) is 0 Å². The Labute approximate surface area is 140 Å². The van der Waals surface area contributed by atoms with Crippen LogP contribution in [0.2, 0.25) is 0 Å². The molecule has 0 bridgehead atoms. The number of imidazole rings is 1. The lowest BCUT2D eigenvalue weighted by molar-refractivity contribution is -0.115. The molecule has 1 fully saturated rings. The number of nitrogens with zero attached hydrogens (tertiary/aromatic N) is 2. The van der Waals surface area contributed by atoms with Crippen LogP contribution >= 0.6 is 0 Å². The van der Waals surface area contributed by atoms with Gasteiger partial charge < -0.3 is 20.5 Å². The summed E-state index contributed by atoms with van der Waals surface area (Å²) in [5, 5.41) is 5.42. The van der Waals surface area contributed by atoms with Crippen molar-refractivity contribution in [1.82, 2.24) is 20.2 Å². The van der Waals surface area contributed by atoms with Gasteiger partial charge >= 0.3 is 6.03 Å². The van der Waals surface area contributed by atoms with E-state index in [4.69, 9.17) is 0 Å². The SMILES string of the molecule is O=C(CNC(=O)N1CCC(c2cnc[nH]2)CC1)Nc1ccccc1. The van der Waals surface area contributed by atoms with Crippen molar-refractivity contribution in [3.8, 4) is 0 Å². The Balaban J connectivity index is 1.40. The molecule has 0 atom stereocenters. The van der Waals surface area contributed by atoms with Crippen LogP contribution in [0.15, 0.2) is 42.9 Å². The van der Waals surface area contributed by atoms with Crippen molar-refractivity contribution >= 4 is 17.6 Å². The minimum atomic E-state index is -0.234. The number of amides is 3. The van der Waals surface area contributed by atoms with Gasteiger partial charge in [-0.3, -0.25) is 4.79 Å². The van der Waals surface area contributed by atoms with Gasteiger partial charge in [0.15, 0.2) is 0 Å². The van der Waals surface area contributed by atoms with Crippen LogP contribution in [0.5, 0.6) is 0 Å². The zero-order chi connectivity index (χ0) is 16.8. The molecular formula is C17H21N5O2. The third kappa shape index (κ3) is 4.13. The van der Waals surface area contributed by atoms with Gasteiger partial charge in [0.25, 0.3) is 0 Å². The molecule has 2 aromatic rings. The molecule has 0 radical (unpaired) electrons. The van der Waals surface area contributed by atoms with Crippen molar-refractivity contribution in [2.75, 3.05) is 25.0 Å². The predicted molar refractivity (Wildman–Crippen MR) is 90.6 cm³/mol. The highest BCUT2D eigenvalue weighted by atomic mass is 16.2. The number of piperidine rings is 1. The highest BCUT2D eigenvalue weighted by Crippen LogP contribution is 2.25. The summed E-state index contributed by atoms with van der Waals surface area (Å²) >= 11 is 0. The number of urea groups is 1. The normalized spacial score (nSPS) is 15.1. The average molecular weight is 327 g/mol. The Kier molecular flexibility index (Phi) is 5.10. The number of aromatic amines is 1. The van der Waals surface area contributed by atoms with Crippen molar-refractivity contribution in [2.45, 2.75) is 18.8 Å². The summed E-state index contributed by atoms with van der Waals surface area (Å²) in [6, 6.07) is 8.99. The molecule has 1 saturated heterocycles. The first-order chi connectivity index (χ1) is 11.7. The summed E-state index contributed by atoms with van der Waals surface area (Å²) in [4.78, 5) is 32.9. The fraction of sp³-hybridized carbons (Fsp3) is 0.353. The summed E-state index contributed by atoms with van der Waals surface area (Å²) in [6.07, 6.45) is 5.31. The Morgan fingerprint density at radius 3 is 2.62 bits per heavy atom. The molecule has 2 heterocycles. The molecule has 3 N–H and O–H groups in total. The first kappa shape index (κ1) is 16.0. The second-order valence-corrected chi connectivity index (χ2v) is 5.84. The molecule has 7 nitrogen and oxygen atoms in total. The second kappa shape index (κ2) is 7.63. The number of carbonyl (C=O) groups excluding carboxylic acids is 2. The molecule has 1 aromatic heterocycles. The molecule has 0 aliphatic carbocycles. The molecule has 126 valence electrons. The highest BCUT2D eigenvalue weighted by molar-refractivity contribution is 5.94. The van der Waals surface area contributed by atoms with Crippen molar-refractivity contribution in [3.05, 3.63) is 48.5 Å². The molecule has 0 spiro atoms. The van der Waals surface area contributed by atoms with Crippen LogP contribution in [0.4, 0.5) is 10.5 Å². The van der Waals surface area contributed by atoms with Crippen LogP contribution in [-0.2, 0) is 4.79 Å². The van der Waals surface area contributed by atoms with E-state index in [1.165, 1.54) is 0 Å². The van der Waals surface area contributed by atoms with E-state index in [2.05, 4.69) is 20.6 Å². The van der Waals surface area contributed by atoms with E-state index in [0.717, 1.165) is 24.2 Å². The molecule has 0 unspecified atom stereocenters. The molecule has 1 aromatic carbocycles. The van der Waals surface area contributed by atoms with Gasteiger partial charge in [0.2, 0.25) is 5.91 Å². The highest BCUT2D eigenvalue weighted by Gasteiger charge is 2.24. The number of benzene rings is 1. The maximum Gasteiger partial charge on any atom is 0.317 e. The number of carbonyl (C=O) groups is 2. The number of para-hydroxylation sites is 1. The largest absolute Gasteiger partial charge is 0.348 e. The molecule has 1 aliphatic rings. The number of likely N-dealkylation sites (tertiary alicyclic amines) is 1. The van der Waals surface area contributed by atoms with Crippen LogP contribution in [0.3, 0.4) is 0 Å². The topological polar surface area (TPSA) is 90.1 Å². The predicted octanol–water partition coefficient (Wildman–Crippen LogP) is 1.94. The van der Waals surface area contributed by atoms with E-state index < -0.39 is 0 Å². The van der Waals surface area contributed by atoms with Gasteiger partial charge in [-0.25, -0.2) is 9.78 Å². The molecule has 3 rings (SSSR count). The lowest BCUT2D eigenvalue weighted by Crippen LogP contribution is -2.46. The van der Waals surface area contributed by atoms with Crippen LogP contribution in [0.1, 0.15) is 24.5 Å². The quantitative estimate of drug-likeness (QED) is 0.801. The number of rotatable bonds is 4. The Hall–Kier alpha value is -2.83. The summed E-state index contributed by atoms with van der Waals surface area (Å²) in [5.74, 6) is 0.180. The van der Waals surface area contributed by atoms with Gasteiger partial charge in [0.1, 0.15) is 0 Å². The fourth-order valence-corrected chi connectivity index (χ4v) is 2.88. The van der Waals surface area contributed by atoms with E-state index in [-0.39, 0.29) is 18.5 Å². The maximum atomic E-state index is 12.2. The standard InChI is InChI=1S/C17H21N5O2/c23-16(21-14-4-2-1-3-5-14)11-19-17(24)22-8-6-13(7-9-22)15-10-18-12-20-15/h1-5,10,12-13H,6-9,11H2,(H,18,20)(H,19,24)(H,21,23). The summed E-state index contributed by atoms with van der Waals surface area (Å²) in [7, 11) is 0. The number of anilines is 1. The average Bonchev–Trinajstić information content (AvgIpc) is 3.15. The monoisotopic (exact) mass is 327 g/mol. The van der Waals surface area contributed by atoms with Crippen LogP contribution < -0.4 is 10.6 Å². The van der Waals surface area contributed by atoms with Gasteiger partial charge in [0.05, 0.1) is 12.9 Å². The van der Waals surface area contributed by atoms with E-state index in [1.54, 1.807) is 23.4 Å². The molecule has 0 saturated carbocycles. The smallest absolute Gasteiger partial charge is 0.317 e. The summed E-state index contributed by atoms with van der Waals surface area (Å²) in [6.45, 7) is 1.32. The molecule has 7 heteroatoms. The summed E-state index contributed by atoms with van der Waals surface area (Å²) in [5.41, 5.74) is 1.84. The second-order valence-electron chi connectivity index (χ2n) is 5.84. The van der Waals surface area contributed by atoms with E-state index in [0.29, 0.717) is 19.0 Å². The first-order valence-electron chi connectivity index (χ1n) is 8.08. The zero-order valence-corrected chi connectivity index (χ0v) is 13.4. The molecule has 3 amide bonds. The fourth-order valence-electron chi connectivity index (χ4n) is 2.88. The van der Waals surface area contributed by atoms with Crippen LogP contribution in [-0.4, -0.2) is 46.4 Å². The van der Waals surface area contributed by atoms with Gasteiger partial charge in [-0.15, -0.1) is 0 Å². The summed E-state index contributed by atoms with van der Waals surface area (Å²) < 4.78 is 0. The van der Waals surface area contributed by atoms with E-state index in [9.17, 15) is 9.59 Å². The minimum absolute atomic E-state index is 0.0335. The third-order valence-electron chi connectivity index (χ3n) is 4.20. The lowest BCUT2D eigenvalue weighted by atomic mass is 9.94. The van der Waals surface area contributed by atoms with Crippen molar-refractivity contribution in [3.63, 3.8) is 0 Å². The lowest BCUT2D eigenvalue weighted by Gasteiger charge is -2.31. The van der Waals surface area contributed by atoms with Gasteiger partial charge in [-0.05, 0) is 25.0 Å². The van der Waals surface area contributed by atoms with Gasteiger partial charge in [0, 0.05) is 36.6 Å². The minimum Gasteiger partial charge on any atom is -0.348 e. The number of hydrogen-bond donors (Lipinski definition) is 3. The molecular weight excluding hydrogens is 306 g/mol.